The molecule has 2 fully saturated rings. The highest BCUT2D eigenvalue weighted by molar-refractivity contribution is 5.89. The van der Waals surface area contributed by atoms with Crippen LogP contribution in [-0.2, 0) is 9.59 Å². The van der Waals surface area contributed by atoms with Gasteiger partial charge in [-0.25, -0.2) is 0 Å². The van der Waals surface area contributed by atoms with Gasteiger partial charge in [-0.2, -0.15) is 13.2 Å². The van der Waals surface area contributed by atoms with Gasteiger partial charge in [0.2, 0.25) is 11.8 Å². The van der Waals surface area contributed by atoms with Crippen LogP contribution < -0.4 is 0 Å². The molecule has 8 heteroatoms. The minimum Gasteiger partial charge on any atom is -0.337 e. The largest absolute Gasteiger partial charge is 0.406 e. The fourth-order valence-corrected chi connectivity index (χ4v) is 3.34. The summed E-state index contributed by atoms with van der Waals surface area (Å²) in [5, 5.41) is 0. The maximum Gasteiger partial charge on any atom is 0.406 e. The highest BCUT2D eigenvalue weighted by atomic mass is 19.4. The molecule has 0 saturated carbocycles. The summed E-state index contributed by atoms with van der Waals surface area (Å²) in [6, 6.07) is 0.0352. The molecule has 23 heavy (non-hydrogen) atoms. The van der Waals surface area contributed by atoms with E-state index in [0.29, 0.717) is 6.54 Å². The van der Waals surface area contributed by atoms with Crippen molar-refractivity contribution < 1.29 is 22.8 Å². The van der Waals surface area contributed by atoms with Gasteiger partial charge in [-0.3, -0.25) is 9.59 Å². The van der Waals surface area contributed by atoms with Gasteiger partial charge in [0.25, 0.3) is 0 Å². The van der Waals surface area contributed by atoms with E-state index in [-0.39, 0.29) is 30.8 Å². The Bertz CT molecular complexity index is 467. The van der Waals surface area contributed by atoms with Gasteiger partial charge in [0, 0.05) is 38.6 Å². The van der Waals surface area contributed by atoms with Crippen LogP contribution >= 0.6 is 0 Å². The standard InChI is InChI=1S/C15H24F3N3O2/c1-10(2)12-8-19(3)4-5-21(12)14(23)11-6-13(22)20(7-11)9-15(16,17)18/h10-12H,4-9H2,1-3H3/t11-,12-/m1/s1. The van der Waals surface area contributed by atoms with Gasteiger partial charge in [-0.1, -0.05) is 13.8 Å². The lowest BCUT2D eigenvalue weighted by Crippen LogP contribution is -2.57. The molecule has 0 aliphatic carbocycles. The first-order valence-corrected chi connectivity index (χ1v) is 7.92. The van der Waals surface area contributed by atoms with Crippen molar-refractivity contribution in [2.24, 2.45) is 11.8 Å². The molecule has 0 radical (unpaired) electrons. The fourth-order valence-electron chi connectivity index (χ4n) is 3.34. The van der Waals surface area contributed by atoms with Gasteiger partial charge in [0.1, 0.15) is 6.54 Å². The third-order valence-electron chi connectivity index (χ3n) is 4.61. The molecular weight excluding hydrogens is 311 g/mol. The van der Waals surface area contributed by atoms with Gasteiger partial charge < -0.3 is 14.7 Å². The Labute approximate surface area is 134 Å². The average Bonchev–Trinajstić information content (AvgIpc) is 2.77. The SMILES string of the molecule is CC(C)[C@H]1CN(C)CCN1C(=O)[C@@H]1CC(=O)N(CC(F)(F)F)C1. The second kappa shape index (κ2) is 6.67. The van der Waals surface area contributed by atoms with Gasteiger partial charge in [0.15, 0.2) is 0 Å². The second-order valence-corrected chi connectivity index (χ2v) is 6.90. The monoisotopic (exact) mass is 335 g/mol. The van der Waals surface area contributed by atoms with E-state index >= 15 is 0 Å². The van der Waals surface area contributed by atoms with E-state index in [1.54, 1.807) is 4.90 Å². The van der Waals surface area contributed by atoms with Crippen LogP contribution in [0.25, 0.3) is 0 Å². The molecule has 2 amide bonds. The van der Waals surface area contributed by atoms with E-state index in [4.69, 9.17) is 0 Å². The van der Waals surface area contributed by atoms with Crippen LogP contribution in [0, 0.1) is 11.8 Å². The Hall–Kier alpha value is -1.31. The van der Waals surface area contributed by atoms with Crippen molar-refractivity contribution in [3.63, 3.8) is 0 Å². The second-order valence-electron chi connectivity index (χ2n) is 6.90. The van der Waals surface area contributed by atoms with Gasteiger partial charge in [0.05, 0.1) is 5.92 Å². The fraction of sp³-hybridized carbons (Fsp3) is 0.867. The summed E-state index contributed by atoms with van der Waals surface area (Å²) in [6.07, 6.45) is -4.55. The van der Waals surface area contributed by atoms with Gasteiger partial charge >= 0.3 is 6.18 Å². The molecule has 0 aromatic heterocycles. The van der Waals surface area contributed by atoms with Crippen LogP contribution in [0.5, 0.6) is 0 Å². The summed E-state index contributed by atoms with van der Waals surface area (Å²) in [7, 11) is 1.99. The van der Waals surface area contributed by atoms with E-state index in [2.05, 4.69) is 4.90 Å². The first kappa shape index (κ1) is 18.0. The van der Waals surface area contributed by atoms with Crippen LogP contribution in [0.2, 0.25) is 0 Å². The third kappa shape index (κ3) is 4.37. The zero-order valence-electron chi connectivity index (χ0n) is 13.8. The maximum atomic E-state index is 12.7. The Morgan fingerprint density at radius 1 is 1.26 bits per heavy atom. The third-order valence-corrected chi connectivity index (χ3v) is 4.61. The van der Waals surface area contributed by atoms with E-state index in [0.717, 1.165) is 18.0 Å². The molecule has 132 valence electrons. The van der Waals surface area contributed by atoms with Crippen molar-refractivity contribution >= 4 is 11.8 Å². The molecule has 0 N–H and O–H groups in total. The molecule has 2 heterocycles. The summed E-state index contributed by atoms with van der Waals surface area (Å²) in [5.74, 6) is -1.18. The first-order chi connectivity index (χ1) is 10.6. The van der Waals surface area contributed by atoms with Crippen LogP contribution in [0.15, 0.2) is 0 Å². The quantitative estimate of drug-likeness (QED) is 0.778. The number of halogens is 3. The normalized spacial score (nSPS) is 27.2. The Morgan fingerprint density at radius 3 is 2.48 bits per heavy atom. The number of carbonyl (C=O) groups is 2. The molecule has 2 rings (SSSR count). The molecule has 2 aliphatic rings. The Kier molecular flexibility index (Phi) is 5.23. The lowest BCUT2D eigenvalue weighted by Gasteiger charge is -2.43. The van der Waals surface area contributed by atoms with Crippen molar-refractivity contribution in [1.82, 2.24) is 14.7 Å². The molecular formula is C15H24F3N3O2. The summed E-state index contributed by atoms with van der Waals surface area (Å²) in [4.78, 5) is 29.1. The van der Waals surface area contributed by atoms with Crippen LogP contribution in [0.3, 0.4) is 0 Å². The molecule has 0 spiro atoms. The predicted octanol–water partition coefficient (Wildman–Crippen LogP) is 1.20. The van der Waals surface area contributed by atoms with E-state index < -0.39 is 24.5 Å². The number of likely N-dealkylation sites (N-methyl/N-ethyl adjacent to an activating group) is 1. The minimum absolute atomic E-state index is 0.0352. The van der Waals surface area contributed by atoms with E-state index in [9.17, 15) is 22.8 Å². The van der Waals surface area contributed by atoms with Crippen LogP contribution in [0.4, 0.5) is 13.2 Å². The Morgan fingerprint density at radius 2 is 1.91 bits per heavy atom. The molecule has 0 unspecified atom stereocenters. The Balaban J connectivity index is 2.04. The average molecular weight is 335 g/mol. The van der Waals surface area contributed by atoms with Crippen molar-refractivity contribution in [3.8, 4) is 0 Å². The lowest BCUT2D eigenvalue weighted by molar-refractivity contribution is -0.157. The van der Waals surface area contributed by atoms with Crippen molar-refractivity contribution in [3.05, 3.63) is 0 Å². The first-order valence-electron chi connectivity index (χ1n) is 7.92. The predicted molar refractivity (Wildman–Crippen MR) is 78.6 cm³/mol. The number of rotatable bonds is 3. The number of alkyl halides is 3. The van der Waals surface area contributed by atoms with Crippen LogP contribution in [0.1, 0.15) is 20.3 Å². The number of hydrogen-bond donors (Lipinski definition) is 0. The number of piperazine rings is 1. The molecule has 0 bridgehead atoms. The molecule has 2 aliphatic heterocycles. The van der Waals surface area contributed by atoms with E-state index in [1.807, 2.05) is 20.9 Å². The molecule has 2 atom stereocenters. The molecule has 0 aromatic carbocycles. The summed E-state index contributed by atoms with van der Waals surface area (Å²) in [5.41, 5.74) is 0. The van der Waals surface area contributed by atoms with E-state index in [1.165, 1.54) is 0 Å². The highest BCUT2D eigenvalue weighted by Gasteiger charge is 2.43. The van der Waals surface area contributed by atoms with Crippen LogP contribution in [-0.4, -0.2) is 78.5 Å². The highest BCUT2D eigenvalue weighted by Crippen LogP contribution is 2.27. The number of carbonyl (C=O) groups excluding carboxylic acids is 2. The molecule has 5 nitrogen and oxygen atoms in total. The smallest absolute Gasteiger partial charge is 0.337 e. The van der Waals surface area contributed by atoms with Crippen molar-refractivity contribution in [2.75, 3.05) is 39.8 Å². The number of amides is 2. The van der Waals surface area contributed by atoms with Crippen molar-refractivity contribution in [1.29, 1.82) is 0 Å². The topological polar surface area (TPSA) is 43.9 Å². The van der Waals surface area contributed by atoms with Gasteiger partial charge in [-0.05, 0) is 13.0 Å². The molecule has 2 saturated heterocycles. The zero-order valence-corrected chi connectivity index (χ0v) is 13.8. The number of likely N-dealkylation sites (tertiary alicyclic amines) is 1. The lowest BCUT2D eigenvalue weighted by atomic mass is 9.97. The number of nitrogens with zero attached hydrogens (tertiary/aromatic N) is 3. The summed E-state index contributed by atoms with van der Waals surface area (Å²) >= 11 is 0. The van der Waals surface area contributed by atoms with Crippen molar-refractivity contribution in [2.45, 2.75) is 32.5 Å². The summed E-state index contributed by atoms with van der Waals surface area (Å²) in [6.45, 7) is 4.69. The van der Waals surface area contributed by atoms with Gasteiger partial charge in [-0.15, -0.1) is 0 Å². The zero-order chi connectivity index (χ0) is 17.4. The summed E-state index contributed by atoms with van der Waals surface area (Å²) < 4.78 is 37.4. The number of hydrogen-bond acceptors (Lipinski definition) is 3. The maximum absolute atomic E-state index is 12.7. The molecule has 0 aromatic rings. The minimum atomic E-state index is -4.43.